The maximum Gasteiger partial charge on any atom is 0.0619 e. The predicted octanol–water partition coefficient (Wildman–Crippen LogP) is 3.52. The minimum absolute atomic E-state index is 0.430. The van der Waals surface area contributed by atoms with Crippen LogP contribution in [0.2, 0.25) is 0 Å². The summed E-state index contributed by atoms with van der Waals surface area (Å²) in [5, 5.41) is 5.94. The summed E-state index contributed by atoms with van der Waals surface area (Å²) in [5.74, 6) is 0.633. The maximum absolute atomic E-state index is 5.83. The lowest BCUT2D eigenvalue weighted by molar-refractivity contribution is 0.0776. The molecule has 1 saturated heterocycles. The van der Waals surface area contributed by atoms with E-state index in [1.807, 2.05) is 11.3 Å². The van der Waals surface area contributed by atoms with Crippen LogP contribution < -0.4 is 5.32 Å². The molecule has 1 aromatic rings. The number of hydrogen-bond donors (Lipinski definition) is 1. The van der Waals surface area contributed by atoms with Gasteiger partial charge in [0.1, 0.15) is 0 Å². The molecule has 3 heteroatoms. The Morgan fingerprint density at radius 3 is 2.94 bits per heavy atom. The van der Waals surface area contributed by atoms with E-state index >= 15 is 0 Å². The third kappa shape index (κ3) is 2.90. The standard InChI is InChI=1S/C14H23NOS/c1-4-13-12(6-7-16-13)14(15-5-2)11-8-10(3)17-9-11/h8-9,12-15H,4-7H2,1-3H3. The summed E-state index contributed by atoms with van der Waals surface area (Å²) in [6, 6.07) is 2.79. The minimum atomic E-state index is 0.430. The van der Waals surface area contributed by atoms with Gasteiger partial charge in [-0.15, -0.1) is 11.3 Å². The Bertz CT molecular complexity index is 350. The molecule has 0 spiro atoms. The van der Waals surface area contributed by atoms with Gasteiger partial charge >= 0.3 is 0 Å². The Morgan fingerprint density at radius 1 is 1.53 bits per heavy atom. The van der Waals surface area contributed by atoms with Gasteiger partial charge in [0.05, 0.1) is 6.10 Å². The molecular weight excluding hydrogens is 230 g/mol. The zero-order valence-corrected chi connectivity index (χ0v) is 11.8. The first kappa shape index (κ1) is 13.1. The van der Waals surface area contributed by atoms with Gasteiger partial charge in [-0.1, -0.05) is 13.8 Å². The maximum atomic E-state index is 5.83. The molecular formula is C14H23NOS. The van der Waals surface area contributed by atoms with Crippen LogP contribution in [0.25, 0.3) is 0 Å². The molecule has 0 saturated carbocycles. The van der Waals surface area contributed by atoms with Gasteiger partial charge in [-0.2, -0.15) is 0 Å². The number of nitrogens with one attached hydrogen (secondary N) is 1. The van der Waals surface area contributed by atoms with Crippen molar-refractivity contribution in [3.05, 3.63) is 21.9 Å². The van der Waals surface area contributed by atoms with Gasteiger partial charge in [0.2, 0.25) is 0 Å². The van der Waals surface area contributed by atoms with Gasteiger partial charge in [-0.05, 0) is 43.3 Å². The van der Waals surface area contributed by atoms with E-state index in [9.17, 15) is 0 Å². The summed E-state index contributed by atoms with van der Waals surface area (Å²) >= 11 is 1.85. The third-order valence-corrected chi connectivity index (χ3v) is 4.50. The van der Waals surface area contributed by atoms with Crippen LogP contribution in [0.3, 0.4) is 0 Å². The van der Waals surface area contributed by atoms with Crippen LogP contribution in [0.4, 0.5) is 0 Å². The summed E-state index contributed by atoms with van der Waals surface area (Å²) < 4.78 is 5.83. The van der Waals surface area contributed by atoms with Crippen molar-refractivity contribution in [2.45, 2.75) is 45.8 Å². The number of aryl methyl sites for hydroxylation is 1. The van der Waals surface area contributed by atoms with Crippen LogP contribution in [0.5, 0.6) is 0 Å². The summed E-state index contributed by atoms with van der Waals surface area (Å²) in [4.78, 5) is 1.40. The fourth-order valence-corrected chi connectivity index (χ4v) is 3.57. The first-order valence-electron chi connectivity index (χ1n) is 6.66. The van der Waals surface area contributed by atoms with Crippen LogP contribution in [-0.2, 0) is 4.74 Å². The number of ether oxygens (including phenoxy) is 1. The summed E-state index contributed by atoms with van der Waals surface area (Å²) in [6.45, 7) is 8.54. The molecule has 0 amide bonds. The van der Waals surface area contributed by atoms with E-state index in [1.165, 1.54) is 16.9 Å². The highest BCUT2D eigenvalue weighted by molar-refractivity contribution is 7.10. The second-order valence-electron chi connectivity index (χ2n) is 4.80. The lowest BCUT2D eigenvalue weighted by Crippen LogP contribution is -2.32. The number of hydrogen-bond acceptors (Lipinski definition) is 3. The lowest BCUT2D eigenvalue weighted by Gasteiger charge is -2.27. The average molecular weight is 253 g/mol. The van der Waals surface area contributed by atoms with Crippen molar-refractivity contribution < 1.29 is 4.74 Å². The Labute approximate surface area is 108 Å². The van der Waals surface area contributed by atoms with Crippen LogP contribution in [-0.4, -0.2) is 19.3 Å². The van der Waals surface area contributed by atoms with E-state index in [-0.39, 0.29) is 0 Å². The van der Waals surface area contributed by atoms with Crippen LogP contribution >= 0.6 is 11.3 Å². The highest BCUT2D eigenvalue weighted by Gasteiger charge is 2.34. The average Bonchev–Trinajstić information content (AvgIpc) is 2.94. The van der Waals surface area contributed by atoms with E-state index in [0.29, 0.717) is 18.1 Å². The fraction of sp³-hybridized carbons (Fsp3) is 0.714. The summed E-state index contributed by atoms with van der Waals surface area (Å²) in [7, 11) is 0. The van der Waals surface area contributed by atoms with E-state index in [4.69, 9.17) is 4.74 Å². The minimum Gasteiger partial charge on any atom is -0.378 e. The molecule has 0 radical (unpaired) electrons. The zero-order chi connectivity index (χ0) is 12.3. The van der Waals surface area contributed by atoms with Crippen LogP contribution in [0.15, 0.2) is 11.4 Å². The van der Waals surface area contributed by atoms with Gasteiger partial charge in [0.15, 0.2) is 0 Å². The van der Waals surface area contributed by atoms with Crippen molar-refractivity contribution in [1.29, 1.82) is 0 Å². The Kier molecular flexibility index (Phi) is 4.60. The fourth-order valence-electron chi connectivity index (χ4n) is 2.83. The molecule has 17 heavy (non-hydrogen) atoms. The Hall–Kier alpha value is -0.380. The predicted molar refractivity (Wildman–Crippen MR) is 73.6 cm³/mol. The van der Waals surface area contributed by atoms with Gasteiger partial charge in [0.25, 0.3) is 0 Å². The van der Waals surface area contributed by atoms with Crippen molar-refractivity contribution in [3.63, 3.8) is 0 Å². The normalized spacial score (nSPS) is 26.3. The molecule has 1 fully saturated rings. The Balaban J connectivity index is 2.16. The van der Waals surface area contributed by atoms with E-state index < -0.39 is 0 Å². The molecule has 1 aliphatic rings. The number of thiophene rings is 1. The van der Waals surface area contributed by atoms with Gasteiger partial charge in [-0.25, -0.2) is 0 Å². The molecule has 1 N–H and O–H groups in total. The number of rotatable bonds is 5. The molecule has 1 aromatic heterocycles. The smallest absolute Gasteiger partial charge is 0.0619 e. The third-order valence-electron chi connectivity index (χ3n) is 3.63. The van der Waals surface area contributed by atoms with Crippen molar-refractivity contribution in [2.75, 3.05) is 13.2 Å². The molecule has 2 rings (SSSR count). The molecule has 2 nitrogen and oxygen atoms in total. The topological polar surface area (TPSA) is 21.3 Å². The van der Waals surface area contributed by atoms with Crippen molar-refractivity contribution in [2.24, 2.45) is 5.92 Å². The zero-order valence-electron chi connectivity index (χ0n) is 11.0. The highest BCUT2D eigenvalue weighted by Crippen LogP contribution is 2.36. The second kappa shape index (κ2) is 5.98. The Morgan fingerprint density at radius 2 is 2.35 bits per heavy atom. The SMILES string of the molecule is CCNC(c1csc(C)c1)C1CCOC1CC. The van der Waals surface area contributed by atoms with E-state index in [0.717, 1.165) is 19.6 Å². The largest absolute Gasteiger partial charge is 0.378 e. The highest BCUT2D eigenvalue weighted by atomic mass is 32.1. The molecule has 0 aromatic carbocycles. The van der Waals surface area contributed by atoms with Gasteiger partial charge in [0, 0.05) is 23.4 Å². The van der Waals surface area contributed by atoms with Crippen LogP contribution in [0, 0.1) is 12.8 Å². The summed E-state index contributed by atoms with van der Waals surface area (Å²) in [6.07, 6.45) is 2.74. The first-order valence-corrected chi connectivity index (χ1v) is 7.54. The molecule has 0 aliphatic carbocycles. The van der Waals surface area contributed by atoms with Crippen molar-refractivity contribution in [3.8, 4) is 0 Å². The monoisotopic (exact) mass is 253 g/mol. The van der Waals surface area contributed by atoms with E-state index in [2.05, 4.69) is 37.5 Å². The lowest BCUT2D eigenvalue weighted by atomic mass is 9.87. The van der Waals surface area contributed by atoms with Crippen molar-refractivity contribution >= 4 is 11.3 Å². The van der Waals surface area contributed by atoms with Gasteiger partial charge in [-0.3, -0.25) is 0 Å². The molecule has 96 valence electrons. The summed E-state index contributed by atoms with van der Waals surface area (Å²) in [5.41, 5.74) is 1.45. The molecule has 3 atom stereocenters. The molecule has 1 aliphatic heterocycles. The molecule has 3 unspecified atom stereocenters. The van der Waals surface area contributed by atoms with Gasteiger partial charge < -0.3 is 10.1 Å². The molecule has 2 heterocycles. The van der Waals surface area contributed by atoms with Crippen molar-refractivity contribution in [1.82, 2.24) is 5.32 Å². The second-order valence-corrected chi connectivity index (χ2v) is 5.91. The van der Waals surface area contributed by atoms with Crippen LogP contribution in [0.1, 0.15) is 43.2 Å². The first-order chi connectivity index (χ1) is 8.26. The van der Waals surface area contributed by atoms with E-state index in [1.54, 1.807) is 0 Å². The quantitative estimate of drug-likeness (QED) is 0.867. The molecule has 0 bridgehead atoms.